The minimum absolute atomic E-state index is 0. The number of pyridine rings is 1. The molecule has 5 nitrogen and oxygen atoms in total. The van der Waals surface area contributed by atoms with E-state index in [-0.39, 0.29) is 30.7 Å². The largest absolute Gasteiger partial charge is 0.497 e. The van der Waals surface area contributed by atoms with Crippen LogP contribution in [0.1, 0.15) is 23.6 Å². The van der Waals surface area contributed by atoms with E-state index in [4.69, 9.17) is 4.74 Å². The number of methoxy groups -OCH3 is 1. The van der Waals surface area contributed by atoms with Gasteiger partial charge in [-0.05, 0) is 48.7 Å². The molecule has 1 aromatic heterocycles. The van der Waals surface area contributed by atoms with E-state index in [1.165, 1.54) is 5.56 Å². The number of hydrogen-bond acceptors (Lipinski definition) is 4. The summed E-state index contributed by atoms with van der Waals surface area (Å²) < 4.78 is 5.29. The molecule has 0 aliphatic carbocycles. The smallest absolute Gasteiger partial charge is 0.222 e. The summed E-state index contributed by atoms with van der Waals surface area (Å²) in [5.74, 6) is 2.22. The topological polar surface area (TPSA) is 45.7 Å². The van der Waals surface area contributed by atoms with Gasteiger partial charge in [-0.25, -0.2) is 0 Å². The molecule has 2 aliphatic heterocycles. The highest BCUT2D eigenvalue weighted by atomic mass is 35.5. The Morgan fingerprint density at radius 3 is 2.55 bits per heavy atom. The summed E-state index contributed by atoms with van der Waals surface area (Å²) in [6.07, 6.45) is 4.94. The molecule has 2 aromatic rings. The molecule has 2 fully saturated rings. The maximum atomic E-state index is 12.7. The molecule has 1 amide bonds. The molecule has 3 atom stereocenters. The number of likely N-dealkylation sites (tertiary alicyclic amines) is 2. The second-order valence-corrected chi connectivity index (χ2v) is 7.74. The van der Waals surface area contributed by atoms with Gasteiger partial charge in [-0.2, -0.15) is 0 Å². The van der Waals surface area contributed by atoms with Crippen molar-refractivity contribution in [2.75, 3.05) is 33.8 Å². The predicted octanol–water partition coefficient (Wildman–Crippen LogP) is 3.63. The number of benzene rings is 1. The molecular formula is C22H29Cl2N3O2. The molecule has 0 radical (unpaired) electrons. The number of ether oxygens (including phenoxy) is 1. The minimum atomic E-state index is 0. The Balaban J connectivity index is 0.00000150. The van der Waals surface area contributed by atoms with E-state index in [0.717, 1.165) is 37.4 Å². The molecule has 3 heterocycles. The van der Waals surface area contributed by atoms with Crippen molar-refractivity contribution in [3.63, 3.8) is 0 Å². The van der Waals surface area contributed by atoms with Crippen LogP contribution in [0.25, 0.3) is 0 Å². The average molecular weight is 438 g/mol. The number of aromatic nitrogens is 1. The molecule has 1 aromatic carbocycles. The fourth-order valence-corrected chi connectivity index (χ4v) is 4.72. The fraction of sp³-hybridized carbons (Fsp3) is 0.455. The Hall–Kier alpha value is -1.82. The monoisotopic (exact) mass is 437 g/mol. The Morgan fingerprint density at radius 1 is 1.14 bits per heavy atom. The standard InChI is InChI=1S/C22H27N3O2.2ClH/c1-24-13-18-14-25(21(26)10-5-16-4-3-11-23-12-16)15-20(18)22(24)17-6-8-19(27-2)9-7-17;;/h3-4,6-9,11-12,18,20,22H,5,10,13-15H2,1-2H3;2*1H/t18-,20+,22+;;/m0../s1. The van der Waals surface area contributed by atoms with Gasteiger partial charge < -0.3 is 9.64 Å². The van der Waals surface area contributed by atoms with Crippen molar-refractivity contribution in [1.82, 2.24) is 14.8 Å². The summed E-state index contributed by atoms with van der Waals surface area (Å²) in [6, 6.07) is 12.7. The Morgan fingerprint density at radius 2 is 1.90 bits per heavy atom. The number of amides is 1. The quantitative estimate of drug-likeness (QED) is 0.716. The lowest BCUT2D eigenvalue weighted by molar-refractivity contribution is -0.130. The molecule has 2 saturated heterocycles. The molecule has 0 bridgehead atoms. The Bertz CT molecular complexity index is 788. The number of hydrogen-bond donors (Lipinski definition) is 0. The zero-order valence-electron chi connectivity index (χ0n) is 16.9. The molecule has 7 heteroatoms. The van der Waals surface area contributed by atoms with Crippen LogP contribution in [0.4, 0.5) is 0 Å². The van der Waals surface area contributed by atoms with E-state index in [0.29, 0.717) is 24.3 Å². The van der Waals surface area contributed by atoms with Crippen LogP contribution < -0.4 is 4.74 Å². The summed E-state index contributed by atoms with van der Waals surface area (Å²) in [5, 5.41) is 0. The molecule has 0 N–H and O–H groups in total. The Labute approximate surface area is 185 Å². The maximum absolute atomic E-state index is 12.7. The summed E-state index contributed by atoms with van der Waals surface area (Å²) in [4.78, 5) is 21.4. The number of rotatable bonds is 5. The summed E-state index contributed by atoms with van der Waals surface area (Å²) in [5.41, 5.74) is 2.44. The van der Waals surface area contributed by atoms with E-state index < -0.39 is 0 Å². The zero-order valence-corrected chi connectivity index (χ0v) is 18.5. The number of carbonyl (C=O) groups is 1. The number of nitrogens with zero attached hydrogens (tertiary/aromatic N) is 3. The van der Waals surface area contributed by atoms with Gasteiger partial charge in [0.2, 0.25) is 5.91 Å². The third kappa shape index (κ3) is 5.03. The van der Waals surface area contributed by atoms with Crippen LogP contribution in [0.15, 0.2) is 48.8 Å². The zero-order chi connectivity index (χ0) is 18.8. The molecular weight excluding hydrogens is 409 g/mol. The molecule has 29 heavy (non-hydrogen) atoms. The van der Waals surface area contributed by atoms with Crippen molar-refractivity contribution in [2.24, 2.45) is 11.8 Å². The van der Waals surface area contributed by atoms with Crippen LogP contribution >= 0.6 is 24.8 Å². The highest BCUT2D eigenvalue weighted by Gasteiger charge is 2.47. The number of fused-ring (bicyclic) bond motifs is 1. The molecule has 4 rings (SSSR count). The SMILES string of the molecule is COc1ccc([C@@H]2[C@@H]3CN(C(=O)CCc4cccnc4)C[C@@H]3CN2C)cc1.Cl.Cl. The first-order chi connectivity index (χ1) is 13.2. The first-order valence-electron chi connectivity index (χ1n) is 9.66. The van der Waals surface area contributed by atoms with Gasteiger partial charge in [0.1, 0.15) is 5.75 Å². The summed E-state index contributed by atoms with van der Waals surface area (Å²) in [6.45, 7) is 2.79. The van der Waals surface area contributed by atoms with Crippen LogP contribution in [0.2, 0.25) is 0 Å². The third-order valence-electron chi connectivity index (χ3n) is 6.05. The first kappa shape index (κ1) is 23.5. The second-order valence-electron chi connectivity index (χ2n) is 7.74. The van der Waals surface area contributed by atoms with Crippen molar-refractivity contribution >= 4 is 30.7 Å². The maximum Gasteiger partial charge on any atom is 0.222 e. The van der Waals surface area contributed by atoms with Crippen LogP contribution in [-0.2, 0) is 11.2 Å². The van der Waals surface area contributed by atoms with E-state index >= 15 is 0 Å². The van der Waals surface area contributed by atoms with E-state index in [9.17, 15) is 4.79 Å². The fourth-order valence-electron chi connectivity index (χ4n) is 4.72. The molecule has 0 spiro atoms. The van der Waals surface area contributed by atoms with E-state index in [1.54, 1.807) is 13.3 Å². The molecule has 2 aliphatic rings. The second kappa shape index (κ2) is 10.3. The molecule has 0 saturated carbocycles. The lowest BCUT2D eigenvalue weighted by Gasteiger charge is -2.27. The van der Waals surface area contributed by atoms with Gasteiger partial charge in [0.25, 0.3) is 0 Å². The third-order valence-corrected chi connectivity index (χ3v) is 6.05. The highest BCUT2D eigenvalue weighted by molar-refractivity contribution is 5.85. The summed E-state index contributed by atoms with van der Waals surface area (Å²) >= 11 is 0. The van der Waals surface area contributed by atoms with Crippen molar-refractivity contribution in [1.29, 1.82) is 0 Å². The van der Waals surface area contributed by atoms with Crippen LogP contribution in [0.5, 0.6) is 5.75 Å². The molecule has 158 valence electrons. The molecule has 0 unspecified atom stereocenters. The van der Waals surface area contributed by atoms with Crippen molar-refractivity contribution in [2.45, 2.75) is 18.9 Å². The van der Waals surface area contributed by atoms with Gasteiger partial charge in [-0.3, -0.25) is 14.7 Å². The van der Waals surface area contributed by atoms with Crippen molar-refractivity contribution < 1.29 is 9.53 Å². The van der Waals surface area contributed by atoms with Crippen molar-refractivity contribution in [3.8, 4) is 5.75 Å². The summed E-state index contributed by atoms with van der Waals surface area (Å²) in [7, 11) is 3.89. The highest BCUT2D eigenvalue weighted by Crippen LogP contribution is 2.44. The van der Waals surface area contributed by atoms with Gasteiger partial charge in [-0.15, -0.1) is 24.8 Å². The van der Waals surface area contributed by atoms with Gasteiger partial charge >= 0.3 is 0 Å². The lowest BCUT2D eigenvalue weighted by Crippen LogP contribution is -2.33. The van der Waals surface area contributed by atoms with Gasteiger partial charge in [0.15, 0.2) is 0 Å². The first-order valence-corrected chi connectivity index (χ1v) is 9.66. The van der Waals surface area contributed by atoms with Crippen LogP contribution in [0, 0.1) is 11.8 Å². The van der Waals surface area contributed by atoms with Gasteiger partial charge in [-0.1, -0.05) is 18.2 Å². The lowest BCUT2D eigenvalue weighted by atomic mass is 9.89. The minimum Gasteiger partial charge on any atom is -0.497 e. The van der Waals surface area contributed by atoms with Gasteiger partial charge in [0, 0.05) is 50.4 Å². The number of carbonyl (C=O) groups excluding carboxylic acids is 1. The average Bonchev–Trinajstić information content (AvgIpc) is 3.24. The number of aryl methyl sites for hydroxylation is 1. The van der Waals surface area contributed by atoms with Crippen LogP contribution in [0.3, 0.4) is 0 Å². The van der Waals surface area contributed by atoms with E-state index in [1.807, 2.05) is 30.5 Å². The Kier molecular flexibility index (Phi) is 8.32. The number of halogens is 2. The normalized spacial score (nSPS) is 23.1. The van der Waals surface area contributed by atoms with Crippen molar-refractivity contribution in [3.05, 3.63) is 59.9 Å². The van der Waals surface area contributed by atoms with Gasteiger partial charge in [0.05, 0.1) is 7.11 Å². The predicted molar refractivity (Wildman–Crippen MR) is 119 cm³/mol. The van der Waals surface area contributed by atoms with Crippen LogP contribution in [-0.4, -0.2) is 54.5 Å². The van der Waals surface area contributed by atoms with E-state index in [2.05, 4.69) is 34.0 Å².